The average molecular weight is 316 g/mol. The van der Waals surface area contributed by atoms with Gasteiger partial charge in [-0.15, -0.1) is 0 Å². The highest BCUT2D eigenvalue weighted by molar-refractivity contribution is 5.98. The lowest BCUT2D eigenvalue weighted by atomic mass is 10.3. The van der Waals surface area contributed by atoms with Crippen LogP contribution in [0.5, 0.6) is 0 Å². The zero-order valence-corrected chi connectivity index (χ0v) is 12.5. The molecule has 0 saturated heterocycles. The lowest BCUT2D eigenvalue weighted by molar-refractivity contribution is -0.127. The van der Waals surface area contributed by atoms with Crippen LogP contribution in [-0.4, -0.2) is 39.4 Å². The van der Waals surface area contributed by atoms with E-state index in [4.69, 9.17) is 4.74 Å². The molecule has 3 amide bonds. The van der Waals surface area contributed by atoms with E-state index in [-0.39, 0.29) is 11.7 Å². The van der Waals surface area contributed by atoms with Crippen LogP contribution in [0.15, 0.2) is 30.6 Å². The summed E-state index contributed by atoms with van der Waals surface area (Å²) in [4.78, 5) is 39.4. The number of imide groups is 1. The lowest BCUT2D eigenvalue weighted by Gasteiger charge is -2.12. The Morgan fingerprint density at radius 1 is 1.35 bits per heavy atom. The quantitative estimate of drug-likeness (QED) is 0.815. The van der Waals surface area contributed by atoms with E-state index in [1.165, 1.54) is 13.1 Å². The van der Waals surface area contributed by atoms with Crippen LogP contribution in [0.4, 0.5) is 4.79 Å². The number of ether oxygens (including phenoxy) is 1. The van der Waals surface area contributed by atoms with Crippen molar-refractivity contribution in [3.05, 3.63) is 36.3 Å². The number of fused-ring (bicyclic) bond motifs is 1. The van der Waals surface area contributed by atoms with E-state index >= 15 is 0 Å². The summed E-state index contributed by atoms with van der Waals surface area (Å²) in [6, 6.07) is 4.91. The largest absolute Gasteiger partial charge is 0.448 e. The van der Waals surface area contributed by atoms with Gasteiger partial charge in [0.05, 0.1) is 0 Å². The maximum atomic E-state index is 12.0. The molecule has 2 aromatic rings. The van der Waals surface area contributed by atoms with Crippen LogP contribution in [0.1, 0.15) is 30.3 Å². The van der Waals surface area contributed by atoms with Crippen LogP contribution < -0.4 is 10.6 Å². The number of amides is 3. The van der Waals surface area contributed by atoms with Crippen LogP contribution in [0.2, 0.25) is 0 Å². The highest BCUT2D eigenvalue weighted by Crippen LogP contribution is 2.18. The van der Waals surface area contributed by atoms with Crippen molar-refractivity contribution in [1.82, 2.24) is 20.0 Å². The van der Waals surface area contributed by atoms with Gasteiger partial charge in [-0.05, 0) is 31.9 Å². The third-order valence-electron chi connectivity index (χ3n) is 3.38. The van der Waals surface area contributed by atoms with Gasteiger partial charge in [-0.25, -0.2) is 14.6 Å². The third-order valence-corrected chi connectivity index (χ3v) is 3.38. The van der Waals surface area contributed by atoms with Gasteiger partial charge in [0, 0.05) is 18.4 Å². The summed E-state index contributed by atoms with van der Waals surface area (Å²) in [5, 5.41) is 4.76. The fourth-order valence-corrected chi connectivity index (χ4v) is 1.97. The molecular weight excluding hydrogens is 300 g/mol. The number of urea groups is 1. The number of nitrogens with zero attached hydrogens (tertiary/aromatic N) is 2. The Morgan fingerprint density at radius 3 is 2.83 bits per heavy atom. The second kappa shape index (κ2) is 6.07. The van der Waals surface area contributed by atoms with E-state index < -0.39 is 24.0 Å². The Balaban J connectivity index is 1.57. The highest BCUT2D eigenvalue weighted by Gasteiger charge is 2.26. The van der Waals surface area contributed by atoms with Gasteiger partial charge in [0.25, 0.3) is 5.91 Å². The molecule has 1 atom stereocenters. The van der Waals surface area contributed by atoms with E-state index in [0.717, 1.165) is 12.8 Å². The molecule has 8 heteroatoms. The van der Waals surface area contributed by atoms with E-state index in [0.29, 0.717) is 5.65 Å². The number of nitrogens with one attached hydrogen (secondary N) is 2. The predicted molar refractivity (Wildman–Crippen MR) is 79.8 cm³/mol. The van der Waals surface area contributed by atoms with Gasteiger partial charge in [0.1, 0.15) is 5.65 Å². The molecule has 2 N–H and O–H groups in total. The lowest BCUT2D eigenvalue weighted by Crippen LogP contribution is -2.45. The van der Waals surface area contributed by atoms with Gasteiger partial charge in [-0.2, -0.15) is 0 Å². The molecule has 1 saturated carbocycles. The van der Waals surface area contributed by atoms with Crippen molar-refractivity contribution in [2.45, 2.75) is 31.9 Å². The summed E-state index contributed by atoms with van der Waals surface area (Å²) >= 11 is 0. The first-order valence-electron chi connectivity index (χ1n) is 7.29. The number of hydrogen-bond donors (Lipinski definition) is 2. The average Bonchev–Trinajstić information content (AvgIpc) is 3.21. The molecule has 3 rings (SSSR count). The molecule has 2 aromatic heterocycles. The number of esters is 1. The Hall–Kier alpha value is -2.90. The molecule has 1 aliphatic carbocycles. The molecule has 0 spiro atoms. The van der Waals surface area contributed by atoms with E-state index in [9.17, 15) is 14.4 Å². The standard InChI is InChI=1S/C15H16N4O4/c1-9(13(20)18-15(22)16-10-5-6-10)23-14(21)11-8-19-7-3-2-4-12(19)17-11/h2-4,7-10H,5-6H2,1H3,(H2,16,18,20,22)/t9-/m1/s1. The molecular formula is C15H16N4O4. The summed E-state index contributed by atoms with van der Waals surface area (Å²) in [6.07, 6.45) is 4.00. The Bertz CT molecular complexity index is 733. The summed E-state index contributed by atoms with van der Waals surface area (Å²) in [6.45, 7) is 1.40. The first kappa shape index (κ1) is 15.0. The minimum absolute atomic E-state index is 0.0956. The molecule has 2 heterocycles. The fourth-order valence-electron chi connectivity index (χ4n) is 1.97. The van der Waals surface area contributed by atoms with Crippen LogP contribution in [0.3, 0.4) is 0 Å². The second-order valence-electron chi connectivity index (χ2n) is 5.38. The highest BCUT2D eigenvalue weighted by atomic mass is 16.5. The Morgan fingerprint density at radius 2 is 2.13 bits per heavy atom. The van der Waals surface area contributed by atoms with Crippen molar-refractivity contribution in [3.63, 3.8) is 0 Å². The smallest absolute Gasteiger partial charge is 0.359 e. The molecule has 1 aliphatic rings. The van der Waals surface area contributed by atoms with Crippen molar-refractivity contribution in [3.8, 4) is 0 Å². The first-order chi connectivity index (χ1) is 11.0. The zero-order chi connectivity index (χ0) is 16.4. The molecule has 0 aromatic carbocycles. The molecule has 0 aliphatic heterocycles. The topological polar surface area (TPSA) is 102 Å². The van der Waals surface area contributed by atoms with Gasteiger partial charge in [-0.3, -0.25) is 10.1 Å². The molecule has 0 unspecified atom stereocenters. The maximum Gasteiger partial charge on any atom is 0.359 e. The van der Waals surface area contributed by atoms with Gasteiger partial charge in [0.2, 0.25) is 0 Å². The molecule has 0 radical (unpaired) electrons. The van der Waals surface area contributed by atoms with Gasteiger partial charge in [-0.1, -0.05) is 6.07 Å². The van der Waals surface area contributed by atoms with Gasteiger partial charge >= 0.3 is 12.0 Å². The summed E-state index contributed by atoms with van der Waals surface area (Å²) in [7, 11) is 0. The van der Waals surface area contributed by atoms with Gasteiger partial charge in [0.15, 0.2) is 11.8 Å². The van der Waals surface area contributed by atoms with E-state index in [1.54, 1.807) is 28.8 Å². The second-order valence-corrected chi connectivity index (χ2v) is 5.38. The van der Waals surface area contributed by atoms with E-state index in [1.807, 2.05) is 0 Å². The Labute approximate surface area is 131 Å². The first-order valence-corrected chi connectivity index (χ1v) is 7.29. The third kappa shape index (κ3) is 3.65. The summed E-state index contributed by atoms with van der Waals surface area (Å²) < 4.78 is 6.71. The van der Waals surface area contributed by atoms with Crippen LogP contribution in [0, 0.1) is 0 Å². The monoisotopic (exact) mass is 316 g/mol. The van der Waals surface area contributed by atoms with Crippen molar-refractivity contribution in [2.24, 2.45) is 0 Å². The SMILES string of the molecule is C[C@@H](OC(=O)c1cn2ccccc2n1)C(=O)NC(=O)NC1CC1. The molecule has 1 fully saturated rings. The van der Waals surface area contributed by atoms with E-state index in [2.05, 4.69) is 15.6 Å². The normalized spacial score (nSPS) is 15.0. The number of aromatic nitrogens is 2. The molecule has 0 bridgehead atoms. The predicted octanol–water partition coefficient (Wildman–Crippen LogP) is 0.868. The minimum atomic E-state index is -1.10. The van der Waals surface area contributed by atoms with Crippen molar-refractivity contribution in [1.29, 1.82) is 0 Å². The molecule has 23 heavy (non-hydrogen) atoms. The van der Waals surface area contributed by atoms with Crippen LogP contribution >= 0.6 is 0 Å². The zero-order valence-electron chi connectivity index (χ0n) is 12.5. The van der Waals surface area contributed by atoms with Crippen molar-refractivity contribution >= 4 is 23.6 Å². The number of rotatable bonds is 4. The van der Waals surface area contributed by atoms with Crippen LogP contribution in [0.25, 0.3) is 5.65 Å². The fraction of sp³-hybridized carbons (Fsp3) is 0.333. The molecule has 120 valence electrons. The van der Waals surface area contributed by atoms with Crippen molar-refractivity contribution < 1.29 is 19.1 Å². The number of carbonyl (C=O) groups excluding carboxylic acids is 3. The molecule has 8 nitrogen and oxygen atoms in total. The summed E-state index contributed by atoms with van der Waals surface area (Å²) in [5.74, 6) is -1.40. The number of imidazole rings is 1. The number of carbonyl (C=O) groups is 3. The van der Waals surface area contributed by atoms with Gasteiger partial charge < -0.3 is 14.5 Å². The van der Waals surface area contributed by atoms with Crippen LogP contribution in [-0.2, 0) is 9.53 Å². The minimum Gasteiger partial charge on any atom is -0.448 e. The Kier molecular flexibility index (Phi) is 3.96. The van der Waals surface area contributed by atoms with Crippen molar-refractivity contribution in [2.75, 3.05) is 0 Å². The maximum absolute atomic E-state index is 12.0. The number of pyridine rings is 1. The number of hydrogen-bond acceptors (Lipinski definition) is 5. The summed E-state index contributed by atoms with van der Waals surface area (Å²) in [5.41, 5.74) is 0.693.